The van der Waals surface area contributed by atoms with E-state index in [2.05, 4.69) is 28.3 Å². The minimum Gasteiger partial charge on any atom is -0.315 e. The number of hydrogen-bond donors (Lipinski definition) is 1. The molecule has 1 N–H and O–H groups in total. The summed E-state index contributed by atoms with van der Waals surface area (Å²) in [6.45, 7) is 4.45. The van der Waals surface area contributed by atoms with Crippen LogP contribution in [0.1, 0.15) is 5.56 Å². The van der Waals surface area contributed by atoms with Crippen LogP contribution in [0, 0.1) is 5.92 Å². The van der Waals surface area contributed by atoms with E-state index in [0.29, 0.717) is 11.1 Å². The fourth-order valence-electron chi connectivity index (χ4n) is 2.21. The molecule has 0 aromatic carbocycles. The van der Waals surface area contributed by atoms with Gasteiger partial charge >= 0.3 is 0 Å². The summed E-state index contributed by atoms with van der Waals surface area (Å²) in [5, 5.41) is 4.06. The molecule has 0 spiro atoms. The van der Waals surface area contributed by atoms with Gasteiger partial charge in [-0.3, -0.25) is 0 Å². The van der Waals surface area contributed by atoms with Crippen molar-refractivity contribution in [3.63, 3.8) is 0 Å². The second kappa shape index (κ2) is 5.62. The average Bonchev–Trinajstić information content (AvgIpc) is 2.43. The zero-order valence-corrected chi connectivity index (χ0v) is 10.4. The molecule has 0 radical (unpaired) electrons. The third-order valence-corrected chi connectivity index (χ3v) is 3.20. The van der Waals surface area contributed by atoms with Gasteiger partial charge in [-0.15, -0.1) is 0 Å². The molecule has 1 atom stereocenters. The SMILES string of the molecule is CN1CCNCC(Cc2ccnc(Cl)c2)C1. The number of nitrogens with zero attached hydrogens (tertiary/aromatic N) is 2. The maximum absolute atomic E-state index is 5.89. The number of halogens is 1. The lowest BCUT2D eigenvalue weighted by Gasteiger charge is -2.19. The Balaban J connectivity index is 1.97. The van der Waals surface area contributed by atoms with Gasteiger partial charge in [0, 0.05) is 25.8 Å². The van der Waals surface area contributed by atoms with E-state index in [1.54, 1.807) is 6.20 Å². The first-order chi connectivity index (χ1) is 7.74. The van der Waals surface area contributed by atoms with Crippen molar-refractivity contribution in [2.45, 2.75) is 6.42 Å². The Morgan fingerprint density at radius 2 is 2.50 bits per heavy atom. The molecule has 1 saturated heterocycles. The summed E-state index contributed by atoms with van der Waals surface area (Å²) >= 11 is 5.89. The largest absolute Gasteiger partial charge is 0.315 e. The molecular formula is C12H18ClN3. The standard InChI is InChI=1S/C12H18ClN3/c1-16-5-4-14-8-11(9-16)6-10-2-3-15-12(13)7-10/h2-3,7,11,14H,4-6,8-9H2,1H3. The number of rotatable bonds is 2. The Kier molecular flexibility index (Phi) is 4.16. The Morgan fingerprint density at radius 1 is 1.62 bits per heavy atom. The second-order valence-electron chi connectivity index (χ2n) is 4.52. The Labute approximate surface area is 102 Å². The Morgan fingerprint density at radius 3 is 3.31 bits per heavy atom. The maximum atomic E-state index is 5.89. The van der Waals surface area contributed by atoms with Crippen molar-refractivity contribution in [2.24, 2.45) is 5.92 Å². The zero-order chi connectivity index (χ0) is 11.4. The summed E-state index contributed by atoms with van der Waals surface area (Å²) in [5.41, 5.74) is 1.28. The van der Waals surface area contributed by atoms with E-state index >= 15 is 0 Å². The number of hydrogen-bond acceptors (Lipinski definition) is 3. The zero-order valence-electron chi connectivity index (χ0n) is 9.62. The third kappa shape index (κ3) is 3.44. The lowest BCUT2D eigenvalue weighted by Crippen LogP contribution is -2.27. The molecule has 88 valence electrons. The van der Waals surface area contributed by atoms with Crippen molar-refractivity contribution in [3.05, 3.63) is 29.0 Å². The van der Waals surface area contributed by atoms with Crippen molar-refractivity contribution >= 4 is 11.6 Å². The van der Waals surface area contributed by atoms with Gasteiger partial charge in [0.2, 0.25) is 0 Å². The van der Waals surface area contributed by atoms with E-state index in [0.717, 1.165) is 32.6 Å². The normalized spacial score (nSPS) is 23.0. The van der Waals surface area contributed by atoms with Crippen molar-refractivity contribution in [3.8, 4) is 0 Å². The molecule has 0 amide bonds. The van der Waals surface area contributed by atoms with Crippen LogP contribution in [0.25, 0.3) is 0 Å². The highest BCUT2D eigenvalue weighted by Gasteiger charge is 2.15. The molecule has 16 heavy (non-hydrogen) atoms. The van der Waals surface area contributed by atoms with Crippen molar-refractivity contribution in [1.29, 1.82) is 0 Å². The van der Waals surface area contributed by atoms with Gasteiger partial charge in [0.1, 0.15) is 5.15 Å². The van der Waals surface area contributed by atoms with Crippen LogP contribution in [-0.4, -0.2) is 43.1 Å². The molecule has 0 saturated carbocycles. The van der Waals surface area contributed by atoms with E-state index in [1.165, 1.54) is 5.56 Å². The van der Waals surface area contributed by atoms with E-state index < -0.39 is 0 Å². The summed E-state index contributed by atoms with van der Waals surface area (Å²) < 4.78 is 0. The molecule has 1 fully saturated rings. The molecule has 0 aliphatic carbocycles. The molecule has 1 aromatic rings. The van der Waals surface area contributed by atoms with Crippen LogP contribution in [0.3, 0.4) is 0 Å². The first-order valence-corrected chi connectivity index (χ1v) is 6.11. The highest BCUT2D eigenvalue weighted by atomic mass is 35.5. The van der Waals surface area contributed by atoms with E-state index in [4.69, 9.17) is 11.6 Å². The van der Waals surface area contributed by atoms with Crippen LogP contribution in [0.5, 0.6) is 0 Å². The topological polar surface area (TPSA) is 28.2 Å². The molecule has 0 bridgehead atoms. The maximum Gasteiger partial charge on any atom is 0.129 e. The lowest BCUT2D eigenvalue weighted by molar-refractivity contribution is 0.309. The highest BCUT2D eigenvalue weighted by molar-refractivity contribution is 6.29. The number of likely N-dealkylation sites (N-methyl/N-ethyl adjacent to an activating group) is 1. The molecule has 4 heteroatoms. The molecule has 3 nitrogen and oxygen atoms in total. The van der Waals surface area contributed by atoms with Crippen LogP contribution >= 0.6 is 11.6 Å². The number of pyridine rings is 1. The van der Waals surface area contributed by atoms with Gasteiger partial charge in [-0.05, 0) is 43.6 Å². The third-order valence-electron chi connectivity index (χ3n) is 2.99. The average molecular weight is 240 g/mol. The van der Waals surface area contributed by atoms with Crippen molar-refractivity contribution in [1.82, 2.24) is 15.2 Å². The molecule has 2 heterocycles. The number of aromatic nitrogens is 1. The minimum absolute atomic E-state index is 0.590. The summed E-state index contributed by atoms with van der Waals surface area (Å²) in [6.07, 6.45) is 2.85. The molecule has 2 rings (SSSR count). The van der Waals surface area contributed by atoms with E-state index in [9.17, 15) is 0 Å². The highest BCUT2D eigenvalue weighted by Crippen LogP contribution is 2.13. The van der Waals surface area contributed by atoms with E-state index in [1.807, 2.05) is 6.07 Å². The van der Waals surface area contributed by atoms with E-state index in [-0.39, 0.29) is 0 Å². The fourth-order valence-corrected chi connectivity index (χ4v) is 2.41. The quantitative estimate of drug-likeness (QED) is 0.792. The van der Waals surface area contributed by atoms with Gasteiger partial charge in [0.15, 0.2) is 0 Å². The van der Waals surface area contributed by atoms with Gasteiger partial charge in [-0.25, -0.2) is 4.98 Å². The summed E-state index contributed by atoms with van der Waals surface area (Å²) in [5.74, 6) is 0.658. The van der Waals surface area contributed by atoms with Crippen LogP contribution in [0.2, 0.25) is 5.15 Å². The summed E-state index contributed by atoms with van der Waals surface area (Å²) in [4.78, 5) is 6.39. The van der Waals surface area contributed by atoms with Gasteiger partial charge in [-0.1, -0.05) is 11.6 Å². The van der Waals surface area contributed by atoms with Crippen LogP contribution in [0.4, 0.5) is 0 Å². The first-order valence-electron chi connectivity index (χ1n) is 5.74. The molecule has 1 aliphatic rings. The van der Waals surface area contributed by atoms with Gasteiger partial charge in [0.05, 0.1) is 0 Å². The van der Waals surface area contributed by atoms with Gasteiger partial charge < -0.3 is 10.2 Å². The molecule has 1 unspecified atom stereocenters. The fraction of sp³-hybridized carbons (Fsp3) is 0.583. The molecule has 1 aromatic heterocycles. The van der Waals surface area contributed by atoms with Crippen LogP contribution in [-0.2, 0) is 6.42 Å². The van der Waals surface area contributed by atoms with Gasteiger partial charge in [-0.2, -0.15) is 0 Å². The number of nitrogens with one attached hydrogen (secondary N) is 1. The summed E-state index contributed by atoms with van der Waals surface area (Å²) in [7, 11) is 2.18. The minimum atomic E-state index is 0.590. The van der Waals surface area contributed by atoms with Crippen molar-refractivity contribution in [2.75, 3.05) is 33.2 Å². The Hall–Kier alpha value is -0.640. The first kappa shape index (κ1) is 11.8. The predicted octanol–water partition coefficient (Wildman–Crippen LogP) is 1.43. The monoisotopic (exact) mass is 239 g/mol. The lowest BCUT2D eigenvalue weighted by atomic mass is 10.00. The molecule has 1 aliphatic heterocycles. The molecular weight excluding hydrogens is 222 g/mol. The second-order valence-corrected chi connectivity index (χ2v) is 4.91. The summed E-state index contributed by atoms with van der Waals surface area (Å²) in [6, 6.07) is 4.02. The van der Waals surface area contributed by atoms with Crippen LogP contribution < -0.4 is 5.32 Å². The smallest absolute Gasteiger partial charge is 0.129 e. The predicted molar refractivity (Wildman–Crippen MR) is 66.8 cm³/mol. The van der Waals surface area contributed by atoms with Crippen molar-refractivity contribution < 1.29 is 0 Å². The van der Waals surface area contributed by atoms with Gasteiger partial charge in [0.25, 0.3) is 0 Å². The van der Waals surface area contributed by atoms with Crippen LogP contribution in [0.15, 0.2) is 18.3 Å². The Bertz CT molecular complexity index is 343.